The predicted molar refractivity (Wildman–Crippen MR) is 47.2 cm³/mol. The van der Waals surface area contributed by atoms with Gasteiger partial charge >= 0.3 is 0 Å². The van der Waals surface area contributed by atoms with E-state index in [9.17, 15) is 0 Å². The van der Waals surface area contributed by atoms with Gasteiger partial charge in [-0.05, 0) is 35.4 Å². The van der Waals surface area contributed by atoms with Gasteiger partial charge in [0.15, 0.2) is 0 Å². The lowest BCUT2D eigenvalue weighted by Crippen LogP contribution is -1.81. The number of hydrogen-bond acceptors (Lipinski definition) is 2. The molecule has 0 amide bonds. The molecule has 0 saturated heterocycles. The van der Waals surface area contributed by atoms with Crippen LogP contribution in [-0.2, 0) is 0 Å². The van der Waals surface area contributed by atoms with Crippen molar-refractivity contribution in [3.63, 3.8) is 0 Å². The molecule has 1 heterocycles. The first-order chi connectivity index (χ1) is 4.29. The summed E-state index contributed by atoms with van der Waals surface area (Å²) in [5.74, 6) is 2.72. The van der Waals surface area contributed by atoms with E-state index in [2.05, 4.69) is 38.4 Å². The molecule has 0 aromatic carbocycles. The molecule has 2 nitrogen and oxygen atoms in total. The third-order valence-electron chi connectivity index (χ3n) is 0.802. The van der Waals surface area contributed by atoms with Crippen molar-refractivity contribution < 1.29 is 0 Å². The SMILES string of the molecule is CC1=NC(I)=CN=C=C1. The fourth-order valence-electron chi connectivity index (χ4n) is 0.451. The van der Waals surface area contributed by atoms with E-state index in [1.54, 1.807) is 12.3 Å². The number of rotatable bonds is 0. The molecular weight excluding hydrogens is 227 g/mol. The molecule has 0 aromatic heterocycles. The summed E-state index contributed by atoms with van der Waals surface area (Å²) in [5.41, 5.74) is 0.942. The Hall–Kier alpha value is -0.410. The van der Waals surface area contributed by atoms with Crippen molar-refractivity contribution in [2.24, 2.45) is 9.98 Å². The topological polar surface area (TPSA) is 24.7 Å². The molecule has 0 aliphatic carbocycles. The summed E-state index contributed by atoms with van der Waals surface area (Å²) in [7, 11) is 0. The van der Waals surface area contributed by atoms with E-state index in [0.29, 0.717) is 0 Å². The first-order valence-electron chi connectivity index (χ1n) is 2.48. The van der Waals surface area contributed by atoms with Crippen LogP contribution in [0.5, 0.6) is 0 Å². The molecule has 0 unspecified atom stereocenters. The first kappa shape index (κ1) is 6.71. The van der Waals surface area contributed by atoms with E-state index in [-0.39, 0.29) is 0 Å². The minimum absolute atomic E-state index is 0.895. The maximum atomic E-state index is 4.13. The lowest BCUT2D eigenvalue weighted by atomic mass is 10.4. The van der Waals surface area contributed by atoms with Crippen molar-refractivity contribution in [1.29, 1.82) is 0 Å². The molecule has 0 atom stereocenters. The van der Waals surface area contributed by atoms with Gasteiger partial charge in [-0.2, -0.15) is 0 Å². The zero-order valence-electron chi connectivity index (χ0n) is 4.93. The summed E-state index contributed by atoms with van der Waals surface area (Å²) in [6, 6.07) is 0. The van der Waals surface area contributed by atoms with Crippen LogP contribution in [0.15, 0.2) is 26.0 Å². The van der Waals surface area contributed by atoms with Crippen molar-refractivity contribution in [3.8, 4) is 0 Å². The highest BCUT2D eigenvalue weighted by atomic mass is 127. The fourth-order valence-corrected chi connectivity index (χ4v) is 0.971. The Bertz CT molecular complexity index is 231. The molecule has 0 radical (unpaired) electrons. The molecule has 0 spiro atoms. The van der Waals surface area contributed by atoms with Gasteiger partial charge in [0.1, 0.15) is 3.70 Å². The lowest BCUT2D eigenvalue weighted by Gasteiger charge is -1.84. The fraction of sp³-hybridized carbons (Fsp3) is 0.167. The second-order valence-electron chi connectivity index (χ2n) is 1.61. The van der Waals surface area contributed by atoms with Crippen LogP contribution in [0.2, 0.25) is 0 Å². The zero-order chi connectivity index (χ0) is 6.69. The maximum Gasteiger partial charge on any atom is 0.120 e. The molecular formula is C6H5IN2. The molecule has 46 valence electrons. The number of hydrogen-bond donors (Lipinski definition) is 0. The third kappa shape index (κ3) is 2.11. The smallest absolute Gasteiger partial charge is 0.120 e. The third-order valence-corrected chi connectivity index (χ3v) is 1.32. The molecule has 0 fully saturated rings. The zero-order valence-corrected chi connectivity index (χ0v) is 7.08. The normalized spacial score (nSPS) is 16.7. The van der Waals surface area contributed by atoms with Gasteiger partial charge in [0.2, 0.25) is 0 Å². The molecule has 0 aromatic rings. The van der Waals surface area contributed by atoms with E-state index < -0.39 is 0 Å². The first-order valence-corrected chi connectivity index (χ1v) is 3.56. The summed E-state index contributed by atoms with van der Waals surface area (Å²) in [6.07, 6.45) is 3.43. The van der Waals surface area contributed by atoms with Crippen LogP contribution in [-0.4, -0.2) is 11.6 Å². The van der Waals surface area contributed by atoms with E-state index in [1.807, 2.05) is 6.92 Å². The van der Waals surface area contributed by atoms with Crippen molar-refractivity contribution in [1.82, 2.24) is 0 Å². The number of halogens is 1. The molecule has 9 heavy (non-hydrogen) atoms. The number of allylic oxidation sites excluding steroid dienone is 1. The maximum absolute atomic E-state index is 4.13. The highest BCUT2D eigenvalue weighted by Crippen LogP contribution is 2.08. The van der Waals surface area contributed by atoms with E-state index in [1.165, 1.54) is 0 Å². The number of nitrogens with zero attached hydrogens (tertiary/aromatic N) is 2. The average Bonchev–Trinajstić information content (AvgIpc) is 1.93. The standard InChI is InChI=1S/C6H5IN2/c1-5-2-3-8-4-6(7)9-5/h2,4H,1H3. The van der Waals surface area contributed by atoms with Gasteiger partial charge in [0, 0.05) is 11.8 Å². The Balaban J connectivity index is 3.00. The van der Waals surface area contributed by atoms with Crippen molar-refractivity contribution >= 4 is 34.2 Å². The quantitative estimate of drug-likeness (QED) is 0.450. The number of aliphatic imine (C=N–C) groups is 2. The molecule has 1 rings (SSSR count). The van der Waals surface area contributed by atoms with Crippen LogP contribution in [0.25, 0.3) is 0 Å². The summed E-state index contributed by atoms with van der Waals surface area (Å²) in [4.78, 5) is 7.94. The second-order valence-corrected chi connectivity index (χ2v) is 2.71. The minimum Gasteiger partial charge on any atom is -0.245 e. The van der Waals surface area contributed by atoms with Crippen molar-refractivity contribution in [3.05, 3.63) is 16.0 Å². The van der Waals surface area contributed by atoms with Gasteiger partial charge in [-0.25, -0.2) is 9.98 Å². The average molecular weight is 232 g/mol. The molecule has 0 N–H and O–H groups in total. The van der Waals surface area contributed by atoms with Crippen molar-refractivity contribution in [2.45, 2.75) is 6.92 Å². The van der Waals surface area contributed by atoms with Gasteiger partial charge < -0.3 is 0 Å². The second kappa shape index (κ2) is 2.94. The van der Waals surface area contributed by atoms with E-state index >= 15 is 0 Å². The van der Waals surface area contributed by atoms with Gasteiger partial charge in [-0.3, -0.25) is 0 Å². The lowest BCUT2D eigenvalue weighted by molar-refractivity contribution is 1.47. The largest absolute Gasteiger partial charge is 0.245 e. The molecule has 3 heteroatoms. The van der Waals surface area contributed by atoms with Gasteiger partial charge in [-0.15, -0.1) is 0 Å². The Morgan fingerprint density at radius 3 is 3.22 bits per heavy atom. The monoisotopic (exact) mass is 232 g/mol. The van der Waals surface area contributed by atoms with Crippen LogP contribution < -0.4 is 0 Å². The van der Waals surface area contributed by atoms with E-state index in [4.69, 9.17) is 0 Å². The Kier molecular flexibility index (Phi) is 2.19. The predicted octanol–water partition coefficient (Wildman–Crippen LogP) is 1.92. The minimum atomic E-state index is 0.895. The Morgan fingerprint density at radius 2 is 2.44 bits per heavy atom. The van der Waals surface area contributed by atoms with Crippen molar-refractivity contribution in [2.75, 3.05) is 0 Å². The van der Waals surface area contributed by atoms with Gasteiger partial charge in [0.05, 0.1) is 6.20 Å². The van der Waals surface area contributed by atoms with Crippen LogP contribution in [0.1, 0.15) is 6.92 Å². The van der Waals surface area contributed by atoms with Gasteiger partial charge in [0.25, 0.3) is 0 Å². The van der Waals surface area contributed by atoms with Crippen LogP contribution >= 0.6 is 22.6 Å². The molecule has 1 aliphatic rings. The Labute approximate surface area is 67.2 Å². The highest BCUT2D eigenvalue weighted by molar-refractivity contribution is 14.1. The van der Waals surface area contributed by atoms with Crippen LogP contribution in [0.3, 0.4) is 0 Å². The van der Waals surface area contributed by atoms with Crippen LogP contribution in [0.4, 0.5) is 0 Å². The van der Waals surface area contributed by atoms with Gasteiger partial charge in [-0.1, -0.05) is 0 Å². The summed E-state index contributed by atoms with van der Waals surface area (Å²) < 4.78 is 0.895. The molecule has 1 aliphatic heterocycles. The summed E-state index contributed by atoms with van der Waals surface area (Å²) in [6.45, 7) is 1.92. The summed E-state index contributed by atoms with van der Waals surface area (Å²) >= 11 is 2.12. The highest BCUT2D eigenvalue weighted by Gasteiger charge is 1.88. The summed E-state index contributed by atoms with van der Waals surface area (Å²) in [5, 5.41) is 0. The van der Waals surface area contributed by atoms with Crippen LogP contribution in [0, 0.1) is 0 Å². The van der Waals surface area contributed by atoms with E-state index in [0.717, 1.165) is 9.42 Å². The molecule has 0 saturated carbocycles. The molecule has 0 bridgehead atoms. The Morgan fingerprint density at radius 1 is 1.67 bits per heavy atom.